The molecule has 2 amide bonds. The van der Waals surface area contributed by atoms with Crippen LogP contribution in [0, 0.1) is 0 Å². The third kappa shape index (κ3) is 4.05. The zero-order valence-corrected chi connectivity index (χ0v) is 18.1. The smallest absolute Gasteiger partial charge is 0.254 e. The maximum atomic E-state index is 13.7. The summed E-state index contributed by atoms with van der Waals surface area (Å²) in [4.78, 5) is 30.7. The maximum Gasteiger partial charge on any atom is 0.254 e. The van der Waals surface area contributed by atoms with Gasteiger partial charge < -0.3 is 9.80 Å². The van der Waals surface area contributed by atoms with Gasteiger partial charge in [0.05, 0.1) is 18.6 Å². The Kier molecular flexibility index (Phi) is 5.75. The van der Waals surface area contributed by atoms with Gasteiger partial charge in [0.25, 0.3) is 5.91 Å². The SMILES string of the molecule is O=C1CCC[C@@H]2[C@@H](CCN2C(=O)c2ccccc2Cn2cccn2)N1Cc1ccccc1. The van der Waals surface area contributed by atoms with Crippen molar-refractivity contribution in [2.24, 2.45) is 0 Å². The van der Waals surface area contributed by atoms with E-state index in [0.717, 1.165) is 36.0 Å². The molecule has 2 atom stereocenters. The van der Waals surface area contributed by atoms with E-state index in [0.29, 0.717) is 26.1 Å². The minimum atomic E-state index is 0.0641. The number of aromatic nitrogens is 2. The Labute approximate surface area is 188 Å². The van der Waals surface area contributed by atoms with Crippen LogP contribution in [0.3, 0.4) is 0 Å². The van der Waals surface area contributed by atoms with Crippen LogP contribution in [0.2, 0.25) is 0 Å². The minimum Gasteiger partial charge on any atom is -0.334 e. The molecule has 2 aliphatic rings. The molecule has 0 aliphatic carbocycles. The molecule has 5 rings (SSSR count). The first-order chi connectivity index (χ1) is 15.7. The highest BCUT2D eigenvalue weighted by molar-refractivity contribution is 5.96. The Bertz CT molecular complexity index is 1080. The van der Waals surface area contributed by atoms with Crippen molar-refractivity contribution in [1.29, 1.82) is 0 Å². The summed E-state index contributed by atoms with van der Waals surface area (Å²) in [6, 6.07) is 20.0. The van der Waals surface area contributed by atoms with Crippen LogP contribution in [0.5, 0.6) is 0 Å². The summed E-state index contributed by atoms with van der Waals surface area (Å²) in [5.41, 5.74) is 2.83. The topological polar surface area (TPSA) is 58.4 Å². The predicted octanol–water partition coefficient (Wildman–Crippen LogP) is 3.73. The summed E-state index contributed by atoms with van der Waals surface area (Å²) in [5.74, 6) is 0.268. The highest BCUT2D eigenvalue weighted by Crippen LogP contribution is 2.33. The van der Waals surface area contributed by atoms with Crippen molar-refractivity contribution in [1.82, 2.24) is 19.6 Å². The molecule has 0 saturated carbocycles. The van der Waals surface area contributed by atoms with Crippen LogP contribution in [0.25, 0.3) is 0 Å². The van der Waals surface area contributed by atoms with Crippen molar-refractivity contribution >= 4 is 11.8 Å². The number of fused-ring (bicyclic) bond motifs is 1. The van der Waals surface area contributed by atoms with Crippen molar-refractivity contribution in [3.05, 3.63) is 89.7 Å². The van der Waals surface area contributed by atoms with E-state index in [2.05, 4.69) is 17.2 Å². The van der Waals surface area contributed by atoms with Gasteiger partial charge in [0.1, 0.15) is 0 Å². The van der Waals surface area contributed by atoms with Crippen molar-refractivity contribution in [3.8, 4) is 0 Å². The third-order valence-electron chi connectivity index (χ3n) is 6.72. The summed E-state index contributed by atoms with van der Waals surface area (Å²) < 4.78 is 1.84. The summed E-state index contributed by atoms with van der Waals surface area (Å²) in [7, 11) is 0. The zero-order valence-electron chi connectivity index (χ0n) is 18.1. The van der Waals surface area contributed by atoms with Gasteiger partial charge in [0.2, 0.25) is 5.91 Å². The number of amides is 2. The quantitative estimate of drug-likeness (QED) is 0.622. The van der Waals surface area contributed by atoms with E-state index in [1.807, 2.05) is 69.2 Å². The van der Waals surface area contributed by atoms with Gasteiger partial charge in [-0.3, -0.25) is 14.3 Å². The van der Waals surface area contributed by atoms with E-state index in [1.165, 1.54) is 0 Å². The molecule has 32 heavy (non-hydrogen) atoms. The lowest BCUT2D eigenvalue weighted by atomic mass is 10.0. The number of likely N-dealkylation sites (tertiary alicyclic amines) is 2. The van der Waals surface area contributed by atoms with Gasteiger partial charge in [0.15, 0.2) is 0 Å². The normalized spacial score (nSPS) is 20.8. The molecule has 2 aliphatic heterocycles. The van der Waals surface area contributed by atoms with E-state index in [-0.39, 0.29) is 23.9 Å². The molecule has 3 aromatic rings. The highest BCUT2D eigenvalue weighted by atomic mass is 16.2. The van der Waals surface area contributed by atoms with Crippen LogP contribution in [-0.4, -0.2) is 50.0 Å². The minimum absolute atomic E-state index is 0.0641. The van der Waals surface area contributed by atoms with Gasteiger partial charge in [-0.05, 0) is 42.5 Å². The second-order valence-electron chi connectivity index (χ2n) is 8.68. The van der Waals surface area contributed by atoms with Crippen LogP contribution >= 0.6 is 0 Å². The summed E-state index contributed by atoms with van der Waals surface area (Å²) in [6.07, 6.45) is 6.73. The Morgan fingerprint density at radius 2 is 1.75 bits per heavy atom. The van der Waals surface area contributed by atoms with Crippen LogP contribution in [-0.2, 0) is 17.9 Å². The molecule has 164 valence electrons. The van der Waals surface area contributed by atoms with E-state index < -0.39 is 0 Å². The summed E-state index contributed by atoms with van der Waals surface area (Å²) >= 11 is 0. The lowest BCUT2D eigenvalue weighted by Gasteiger charge is -2.33. The molecule has 0 spiro atoms. The van der Waals surface area contributed by atoms with Gasteiger partial charge in [-0.25, -0.2) is 0 Å². The summed E-state index contributed by atoms with van der Waals surface area (Å²) in [5, 5.41) is 4.29. The number of hydrogen-bond donors (Lipinski definition) is 0. The zero-order chi connectivity index (χ0) is 21.9. The van der Waals surface area contributed by atoms with Gasteiger partial charge in [-0.1, -0.05) is 48.5 Å². The fourth-order valence-electron chi connectivity index (χ4n) is 5.17. The number of carbonyl (C=O) groups is 2. The lowest BCUT2D eigenvalue weighted by molar-refractivity contribution is -0.133. The van der Waals surface area contributed by atoms with Gasteiger partial charge in [-0.15, -0.1) is 0 Å². The van der Waals surface area contributed by atoms with Gasteiger partial charge in [-0.2, -0.15) is 5.10 Å². The molecule has 1 aromatic heterocycles. The molecule has 0 N–H and O–H groups in total. The largest absolute Gasteiger partial charge is 0.334 e. The second-order valence-corrected chi connectivity index (χ2v) is 8.68. The monoisotopic (exact) mass is 428 g/mol. The molecule has 6 heteroatoms. The number of nitrogens with zero attached hydrogens (tertiary/aromatic N) is 4. The number of hydrogen-bond acceptors (Lipinski definition) is 3. The average Bonchev–Trinajstić information content (AvgIpc) is 3.45. The van der Waals surface area contributed by atoms with E-state index in [1.54, 1.807) is 6.20 Å². The third-order valence-corrected chi connectivity index (χ3v) is 6.72. The predicted molar refractivity (Wildman–Crippen MR) is 122 cm³/mol. The fraction of sp³-hybridized carbons (Fsp3) is 0.346. The van der Waals surface area contributed by atoms with Crippen LogP contribution in [0.15, 0.2) is 73.1 Å². The van der Waals surface area contributed by atoms with Crippen LogP contribution in [0.4, 0.5) is 0 Å². The molecule has 0 unspecified atom stereocenters. The first kappa shape index (κ1) is 20.5. The molecule has 3 heterocycles. The number of rotatable bonds is 5. The Morgan fingerprint density at radius 3 is 2.56 bits per heavy atom. The highest BCUT2D eigenvalue weighted by Gasteiger charge is 2.43. The Morgan fingerprint density at radius 1 is 0.938 bits per heavy atom. The van der Waals surface area contributed by atoms with Gasteiger partial charge >= 0.3 is 0 Å². The van der Waals surface area contributed by atoms with E-state index >= 15 is 0 Å². The van der Waals surface area contributed by atoms with E-state index in [9.17, 15) is 9.59 Å². The van der Waals surface area contributed by atoms with Crippen molar-refractivity contribution in [2.45, 2.75) is 50.9 Å². The van der Waals surface area contributed by atoms with E-state index in [4.69, 9.17) is 0 Å². The van der Waals surface area contributed by atoms with Crippen LogP contribution in [0.1, 0.15) is 47.2 Å². The standard InChI is InChI=1S/C26H28N4O2/c31-25-13-6-12-23-24(30(25)18-20-8-2-1-3-9-20)14-17-29(23)26(32)22-11-5-4-10-21(22)19-28-16-7-15-27-28/h1-5,7-11,15-16,23-24H,6,12-14,17-19H2/t23-,24-/m1/s1. The summed E-state index contributed by atoms with van der Waals surface area (Å²) in [6.45, 7) is 1.86. The first-order valence-electron chi connectivity index (χ1n) is 11.4. The Hall–Kier alpha value is -3.41. The molecule has 6 nitrogen and oxygen atoms in total. The van der Waals surface area contributed by atoms with Gasteiger partial charge in [0, 0.05) is 37.5 Å². The number of benzene rings is 2. The molecule has 0 radical (unpaired) electrons. The maximum absolute atomic E-state index is 13.7. The molecule has 2 aromatic carbocycles. The fourth-order valence-corrected chi connectivity index (χ4v) is 5.17. The first-order valence-corrected chi connectivity index (χ1v) is 11.4. The molecule has 2 fully saturated rings. The van der Waals surface area contributed by atoms with Crippen molar-refractivity contribution in [2.75, 3.05) is 6.54 Å². The Balaban J connectivity index is 1.39. The second kappa shape index (κ2) is 8.99. The van der Waals surface area contributed by atoms with Crippen molar-refractivity contribution < 1.29 is 9.59 Å². The number of carbonyl (C=O) groups excluding carboxylic acids is 2. The lowest BCUT2D eigenvalue weighted by Crippen LogP contribution is -2.47. The molecular formula is C26H28N4O2. The average molecular weight is 429 g/mol. The molecule has 2 saturated heterocycles. The van der Waals surface area contributed by atoms with Crippen molar-refractivity contribution in [3.63, 3.8) is 0 Å². The van der Waals surface area contributed by atoms with Crippen LogP contribution < -0.4 is 0 Å². The molecule has 0 bridgehead atoms. The molecular weight excluding hydrogens is 400 g/mol.